The van der Waals surface area contributed by atoms with Crippen molar-refractivity contribution in [3.8, 4) is 11.3 Å². The van der Waals surface area contributed by atoms with Crippen molar-refractivity contribution in [3.05, 3.63) is 52.2 Å². The number of Topliss-reactive ketones (excluding diaryl/α,β-unsaturated/α-hetero) is 1. The van der Waals surface area contributed by atoms with E-state index in [2.05, 4.69) is 15.4 Å². The molecule has 2 aromatic heterocycles. The van der Waals surface area contributed by atoms with Gasteiger partial charge in [0.2, 0.25) is 5.91 Å². The average molecular weight is 368 g/mol. The molecule has 0 aliphatic heterocycles. The number of benzene rings is 1. The van der Waals surface area contributed by atoms with Crippen LogP contribution in [0, 0.1) is 13.8 Å². The number of rotatable bonds is 5. The van der Waals surface area contributed by atoms with Gasteiger partial charge in [-0.25, -0.2) is 4.98 Å². The Morgan fingerprint density at radius 2 is 1.88 bits per heavy atom. The summed E-state index contributed by atoms with van der Waals surface area (Å²) in [6.07, 6.45) is 0.223. The van der Waals surface area contributed by atoms with Gasteiger partial charge in [0.1, 0.15) is 0 Å². The molecule has 1 N–H and O–H groups in total. The lowest BCUT2D eigenvalue weighted by Crippen LogP contribution is -2.15. The third kappa shape index (κ3) is 3.57. The fourth-order valence-electron chi connectivity index (χ4n) is 2.80. The molecule has 0 aliphatic carbocycles. The maximum Gasteiger partial charge on any atom is 0.230 e. The standard InChI is InChI=1S/C19H20N4O2S/c1-11-15(12(2)23(4)22-11)10-16(25)20-19-21-17(18(26-19)13(3)24)14-8-6-5-7-9-14/h5-9H,10H2,1-4H3,(H,20,21,25). The highest BCUT2D eigenvalue weighted by atomic mass is 32.1. The summed E-state index contributed by atoms with van der Waals surface area (Å²) in [7, 11) is 1.86. The summed E-state index contributed by atoms with van der Waals surface area (Å²) in [6, 6.07) is 9.49. The number of nitrogens with one attached hydrogen (secondary N) is 1. The predicted molar refractivity (Wildman–Crippen MR) is 103 cm³/mol. The Morgan fingerprint density at radius 1 is 1.19 bits per heavy atom. The number of hydrogen-bond acceptors (Lipinski definition) is 5. The second-order valence-corrected chi connectivity index (χ2v) is 7.12. The molecule has 0 radical (unpaired) electrons. The van der Waals surface area contributed by atoms with Crippen molar-refractivity contribution in [1.82, 2.24) is 14.8 Å². The fourth-order valence-corrected chi connectivity index (χ4v) is 3.70. The molecule has 1 aromatic carbocycles. The second-order valence-electron chi connectivity index (χ2n) is 6.12. The van der Waals surface area contributed by atoms with Gasteiger partial charge in [0.15, 0.2) is 10.9 Å². The lowest BCUT2D eigenvalue weighted by atomic mass is 10.1. The number of carbonyl (C=O) groups excluding carboxylic acids is 2. The van der Waals surface area contributed by atoms with E-state index in [9.17, 15) is 9.59 Å². The zero-order valence-corrected chi connectivity index (χ0v) is 16.0. The number of anilines is 1. The van der Waals surface area contributed by atoms with E-state index in [1.807, 2.05) is 51.2 Å². The van der Waals surface area contributed by atoms with Crippen molar-refractivity contribution < 1.29 is 9.59 Å². The normalized spacial score (nSPS) is 10.8. The summed E-state index contributed by atoms with van der Waals surface area (Å²) in [4.78, 5) is 29.4. The molecular weight excluding hydrogens is 348 g/mol. The van der Waals surface area contributed by atoms with Crippen LogP contribution in [-0.4, -0.2) is 26.5 Å². The van der Waals surface area contributed by atoms with Gasteiger partial charge in [0.05, 0.1) is 22.7 Å². The molecule has 26 heavy (non-hydrogen) atoms. The van der Waals surface area contributed by atoms with E-state index >= 15 is 0 Å². The molecule has 0 unspecified atom stereocenters. The van der Waals surface area contributed by atoms with E-state index in [0.717, 1.165) is 22.5 Å². The van der Waals surface area contributed by atoms with Gasteiger partial charge in [-0.15, -0.1) is 0 Å². The number of aromatic nitrogens is 3. The van der Waals surface area contributed by atoms with E-state index < -0.39 is 0 Å². The molecule has 3 aromatic rings. The van der Waals surface area contributed by atoms with Crippen LogP contribution in [0.1, 0.15) is 33.5 Å². The van der Waals surface area contributed by atoms with Crippen LogP contribution >= 0.6 is 11.3 Å². The molecule has 7 heteroatoms. The first kappa shape index (κ1) is 18.0. The van der Waals surface area contributed by atoms with Gasteiger partial charge in [-0.1, -0.05) is 41.7 Å². The van der Waals surface area contributed by atoms with Gasteiger partial charge in [-0.05, 0) is 13.8 Å². The maximum absolute atomic E-state index is 12.5. The molecule has 134 valence electrons. The summed E-state index contributed by atoms with van der Waals surface area (Å²) < 4.78 is 1.77. The highest BCUT2D eigenvalue weighted by Crippen LogP contribution is 2.31. The molecule has 3 rings (SSSR count). The molecule has 0 atom stereocenters. The SMILES string of the molecule is CC(=O)c1sc(NC(=O)Cc2c(C)nn(C)c2C)nc1-c1ccccc1. The average Bonchev–Trinajstić information content (AvgIpc) is 3.12. The van der Waals surface area contributed by atoms with Gasteiger partial charge in [-0.2, -0.15) is 5.10 Å². The molecule has 0 saturated heterocycles. The molecule has 0 fully saturated rings. The number of carbonyl (C=O) groups is 2. The van der Waals surface area contributed by atoms with Crippen molar-refractivity contribution in [3.63, 3.8) is 0 Å². The van der Waals surface area contributed by atoms with Crippen molar-refractivity contribution in [2.24, 2.45) is 7.05 Å². The minimum atomic E-state index is -0.173. The van der Waals surface area contributed by atoms with Crippen molar-refractivity contribution in [1.29, 1.82) is 0 Å². The summed E-state index contributed by atoms with van der Waals surface area (Å²) in [5.41, 5.74) is 4.18. The highest BCUT2D eigenvalue weighted by molar-refractivity contribution is 7.18. The number of aryl methyl sites for hydroxylation is 2. The Balaban J connectivity index is 1.84. The van der Waals surface area contributed by atoms with Crippen molar-refractivity contribution in [2.75, 3.05) is 5.32 Å². The van der Waals surface area contributed by atoms with Gasteiger partial charge in [0.25, 0.3) is 0 Å². The third-order valence-corrected chi connectivity index (χ3v) is 5.31. The molecule has 6 nitrogen and oxygen atoms in total. The van der Waals surface area contributed by atoms with E-state index in [-0.39, 0.29) is 18.1 Å². The summed E-state index contributed by atoms with van der Waals surface area (Å²) >= 11 is 1.20. The summed E-state index contributed by atoms with van der Waals surface area (Å²) in [5, 5.41) is 7.58. The number of amides is 1. The van der Waals surface area contributed by atoms with Crippen LogP contribution in [0.4, 0.5) is 5.13 Å². The Kier molecular flexibility index (Phi) is 4.99. The summed E-state index contributed by atoms with van der Waals surface area (Å²) in [5.74, 6) is -0.242. The smallest absolute Gasteiger partial charge is 0.230 e. The Bertz CT molecular complexity index is 973. The molecule has 0 bridgehead atoms. The molecule has 2 heterocycles. The zero-order chi connectivity index (χ0) is 18.8. The lowest BCUT2D eigenvalue weighted by Gasteiger charge is -2.02. The first-order valence-electron chi connectivity index (χ1n) is 8.23. The van der Waals surface area contributed by atoms with Gasteiger partial charge < -0.3 is 5.32 Å². The lowest BCUT2D eigenvalue weighted by molar-refractivity contribution is -0.115. The van der Waals surface area contributed by atoms with Gasteiger partial charge in [-0.3, -0.25) is 14.3 Å². The van der Waals surface area contributed by atoms with Crippen LogP contribution in [0.5, 0.6) is 0 Å². The minimum Gasteiger partial charge on any atom is -0.302 e. The molecule has 0 saturated carbocycles. The number of ketones is 1. The van der Waals surface area contributed by atoms with Gasteiger partial charge >= 0.3 is 0 Å². The van der Waals surface area contributed by atoms with E-state index in [0.29, 0.717) is 15.7 Å². The minimum absolute atomic E-state index is 0.0687. The molecular formula is C19H20N4O2S. The zero-order valence-electron chi connectivity index (χ0n) is 15.2. The maximum atomic E-state index is 12.5. The van der Waals surface area contributed by atoms with Crippen LogP contribution < -0.4 is 5.32 Å². The van der Waals surface area contributed by atoms with Crippen molar-refractivity contribution >= 4 is 28.2 Å². The highest BCUT2D eigenvalue weighted by Gasteiger charge is 2.19. The predicted octanol–water partition coefficient (Wildman–Crippen LogP) is 3.54. The number of thiazole rings is 1. The molecule has 0 aliphatic rings. The van der Waals surface area contributed by atoms with Crippen molar-refractivity contribution in [2.45, 2.75) is 27.2 Å². The number of hydrogen-bond donors (Lipinski definition) is 1. The van der Waals surface area contributed by atoms with Gasteiger partial charge in [0, 0.05) is 30.8 Å². The Labute approximate surface area is 155 Å². The monoisotopic (exact) mass is 368 g/mol. The molecule has 0 spiro atoms. The topological polar surface area (TPSA) is 76.9 Å². The third-order valence-electron chi connectivity index (χ3n) is 4.24. The molecule has 1 amide bonds. The Hall–Kier alpha value is -2.80. The van der Waals surface area contributed by atoms with E-state index in [1.165, 1.54) is 18.3 Å². The van der Waals surface area contributed by atoms with Crippen LogP contribution in [-0.2, 0) is 18.3 Å². The fraction of sp³-hybridized carbons (Fsp3) is 0.263. The van der Waals surface area contributed by atoms with E-state index in [1.54, 1.807) is 4.68 Å². The number of nitrogens with zero attached hydrogens (tertiary/aromatic N) is 3. The van der Waals surface area contributed by atoms with Crippen LogP contribution in [0.2, 0.25) is 0 Å². The first-order chi connectivity index (χ1) is 12.4. The van der Waals surface area contributed by atoms with Crippen LogP contribution in [0.25, 0.3) is 11.3 Å². The van der Waals surface area contributed by atoms with E-state index in [4.69, 9.17) is 0 Å². The summed E-state index contributed by atoms with van der Waals surface area (Å²) in [6.45, 7) is 5.33. The van der Waals surface area contributed by atoms with Crippen LogP contribution in [0.3, 0.4) is 0 Å². The van der Waals surface area contributed by atoms with Crippen LogP contribution in [0.15, 0.2) is 30.3 Å². The Morgan fingerprint density at radius 3 is 2.46 bits per heavy atom. The second kappa shape index (κ2) is 7.21. The largest absolute Gasteiger partial charge is 0.302 e. The quantitative estimate of drug-likeness (QED) is 0.699. The first-order valence-corrected chi connectivity index (χ1v) is 9.04.